The molecule has 0 saturated carbocycles. The molecule has 136 valence electrons. The zero-order valence-corrected chi connectivity index (χ0v) is 14.3. The molecule has 0 saturated heterocycles. The molecule has 2 amide bonds. The third-order valence-electron chi connectivity index (χ3n) is 4.01. The molecule has 0 radical (unpaired) electrons. The summed E-state index contributed by atoms with van der Waals surface area (Å²) in [6, 6.07) is 11.4. The Labute approximate surface area is 150 Å². The van der Waals surface area contributed by atoms with E-state index in [1.165, 1.54) is 17.9 Å². The predicted molar refractivity (Wildman–Crippen MR) is 93.7 cm³/mol. The van der Waals surface area contributed by atoms with Crippen LogP contribution < -0.4 is 19.7 Å². The van der Waals surface area contributed by atoms with E-state index in [9.17, 15) is 14.0 Å². The minimum atomic E-state index is -0.409. The number of nitrogens with zero attached hydrogens (tertiary/aromatic N) is 1. The van der Waals surface area contributed by atoms with Crippen molar-refractivity contribution in [2.45, 2.75) is 13.3 Å². The van der Waals surface area contributed by atoms with Crippen LogP contribution in [0.15, 0.2) is 42.5 Å². The summed E-state index contributed by atoms with van der Waals surface area (Å²) in [5, 5.41) is 2.71. The maximum absolute atomic E-state index is 13.6. The number of benzene rings is 2. The summed E-state index contributed by atoms with van der Waals surface area (Å²) in [5.41, 5.74) is 0.995. The molecule has 7 heteroatoms. The summed E-state index contributed by atoms with van der Waals surface area (Å²) in [6.45, 7) is 2.15. The largest absolute Gasteiger partial charge is 0.454 e. The van der Waals surface area contributed by atoms with Gasteiger partial charge < -0.3 is 19.7 Å². The van der Waals surface area contributed by atoms with Gasteiger partial charge in [-0.25, -0.2) is 4.39 Å². The zero-order valence-electron chi connectivity index (χ0n) is 14.3. The van der Waals surface area contributed by atoms with Gasteiger partial charge in [-0.1, -0.05) is 18.2 Å². The van der Waals surface area contributed by atoms with Crippen LogP contribution in [0.25, 0.3) is 0 Å². The van der Waals surface area contributed by atoms with Crippen molar-refractivity contribution in [3.63, 3.8) is 0 Å². The molecule has 2 aromatic rings. The third-order valence-corrected chi connectivity index (χ3v) is 4.01. The van der Waals surface area contributed by atoms with E-state index in [4.69, 9.17) is 9.47 Å². The van der Waals surface area contributed by atoms with Crippen LogP contribution in [0.2, 0.25) is 0 Å². The first-order chi connectivity index (χ1) is 12.5. The van der Waals surface area contributed by atoms with E-state index in [0.717, 1.165) is 0 Å². The Morgan fingerprint density at radius 2 is 1.92 bits per heavy atom. The van der Waals surface area contributed by atoms with Crippen LogP contribution in [0.3, 0.4) is 0 Å². The van der Waals surface area contributed by atoms with Crippen LogP contribution in [0.1, 0.15) is 12.5 Å². The Kier molecular flexibility index (Phi) is 5.36. The average molecular weight is 358 g/mol. The summed E-state index contributed by atoms with van der Waals surface area (Å²) in [5.74, 6) is 0.345. The van der Waals surface area contributed by atoms with Crippen molar-refractivity contribution in [1.29, 1.82) is 0 Å². The Hall–Kier alpha value is -3.09. The van der Waals surface area contributed by atoms with Gasteiger partial charge in [0.1, 0.15) is 5.82 Å². The fourth-order valence-corrected chi connectivity index (χ4v) is 2.71. The van der Waals surface area contributed by atoms with Crippen molar-refractivity contribution >= 4 is 17.5 Å². The van der Waals surface area contributed by atoms with Gasteiger partial charge in [-0.3, -0.25) is 9.59 Å². The number of rotatable bonds is 6. The molecule has 0 aromatic heterocycles. The van der Waals surface area contributed by atoms with Gasteiger partial charge in [0.15, 0.2) is 11.5 Å². The van der Waals surface area contributed by atoms with Crippen LogP contribution in [0.5, 0.6) is 11.5 Å². The number of nitrogens with one attached hydrogen (secondary N) is 1. The van der Waals surface area contributed by atoms with Gasteiger partial charge in [-0.05, 0) is 23.8 Å². The lowest BCUT2D eigenvalue weighted by Gasteiger charge is -2.21. The minimum Gasteiger partial charge on any atom is -0.454 e. The van der Waals surface area contributed by atoms with Crippen molar-refractivity contribution in [3.8, 4) is 11.5 Å². The number of carbonyl (C=O) groups is 2. The standard InChI is InChI=1S/C19H19FN2O4/c1-13(23)22(15-6-7-17-18(11-15)26-12-25-17)9-8-21-19(24)10-14-4-2-3-5-16(14)20/h2-7,11H,8-10,12H2,1H3,(H,21,24). The fraction of sp³-hybridized carbons (Fsp3) is 0.263. The Balaban J connectivity index is 1.57. The molecule has 2 aromatic carbocycles. The average Bonchev–Trinajstić information content (AvgIpc) is 3.08. The second kappa shape index (κ2) is 7.86. The number of carbonyl (C=O) groups excluding carboxylic acids is 2. The molecule has 0 atom stereocenters. The van der Waals surface area contributed by atoms with Gasteiger partial charge in [0, 0.05) is 31.8 Å². The van der Waals surface area contributed by atoms with E-state index in [2.05, 4.69) is 5.32 Å². The lowest BCUT2D eigenvalue weighted by atomic mass is 10.1. The van der Waals surface area contributed by atoms with E-state index in [-0.39, 0.29) is 38.1 Å². The second-order valence-corrected chi connectivity index (χ2v) is 5.83. The van der Waals surface area contributed by atoms with Crippen molar-refractivity contribution in [2.24, 2.45) is 0 Å². The first kappa shape index (κ1) is 17.7. The van der Waals surface area contributed by atoms with Crippen LogP contribution in [-0.4, -0.2) is 31.7 Å². The molecule has 0 spiro atoms. The molecule has 0 unspecified atom stereocenters. The number of halogens is 1. The lowest BCUT2D eigenvalue weighted by molar-refractivity contribution is -0.121. The molecule has 1 N–H and O–H groups in total. The second-order valence-electron chi connectivity index (χ2n) is 5.83. The van der Waals surface area contributed by atoms with Crippen LogP contribution >= 0.6 is 0 Å². The molecule has 1 heterocycles. The number of fused-ring (bicyclic) bond motifs is 1. The highest BCUT2D eigenvalue weighted by Crippen LogP contribution is 2.35. The summed E-state index contributed by atoms with van der Waals surface area (Å²) in [6.07, 6.45) is -0.0449. The van der Waals surface area contributed by atoms with Gasteiger partial charge in [-0.2, -0.15) is 0 Å². The Morgan fingerprint density at radius 1 is 1.15 bits per heavy atom. The highest BCUT2D eigenvalue weighted by molar-refractivity contribution is 5.92. The van der Waals surface area contributed by atoms with Crippen molar-refractivity contribution < 1.29 is 23.5 Å². The topological polar surface area (TPSA) is 67.9 Å². The SMILES string of the molecule is CC(=O)N(CCNC(=O)Cc1ccccc1F)c1ccc2c(c1)OCO2. The quantitative estimate of drug-likeness (QED) is 0.860. The van der Waals surface area contributed by atoms with Gasteiger partial charge in [-0.15, -0.1) is 0 Å². The van der Waals surface area contributed by atoms with Gasteiger partial charge >= 0.3 is 0 Å². The maximum atomic E-state index is 13.6. The predicted octanol–water partition coefficient (Wildman–Crippen LogP) is 2.27. The monoisotopic (exact) mass is 358 g/mol. The minimum absolute atomic E-state index is 0.0449. The molecule has 0 aliphatic carbocycles. The number of anilines is 1. The molecule has 1 aliphatic rings. The van der Waals surface area contributed by atoms with Crippen molar-refractivity contribution in [3.05, 3.63) is 53.8 Å². The Morgan fingerprint density at radius 3 is 2.69 bits per heavy atom. The molecule has 0 fully saturated rings. The maximum Gasteiger partial charge on any atom is 0.231 e. The number of amides is 2. The molecule has 6 nitrogen and oxygen atoms in total. The molecule has 1 aliphatic heterocycles. The lowest BCUT2D eigenvalue weighted by Crippen LogP contribution is -2.38. The smallest absolute Gasteiger partial charge is 0.231 e. The number of ether oxygens (including phenoxy) is 2. The van der Waals surface area contributed by atoms with Gasteiger partial charge in [0.25, 0.3) is 0 Å². The van der Waals surface area contributed by atoms with Crippen molar-refractivity contribution in [2.75, 3.05) is 24.8 Å². The van der Waals surface area contributed by atoms with E-state index in [1.807, 2.05) is 0 Å². The van der Waals surface area contributed by atoms with Crippen molar-refractivity contribution in [1.82, 2.24) is 5.32 Å². The van der Waals surface area contributed by atoms with Gasteiger partial charge in [0.2, 0.25) is 18.6 Å². The molecule has 0 bridgehead atoms. The molecular formula is C19H19FN2O4. The summed E-state index contributed by atoms with van der Waals surface area (Å²) < 4.78 is 24.2. The third kappa shape index (κ3) is 4.11. The zero-order chi connectivity index (χ0) is 18.5. The van der Waals surface area contributed by atoms with Crippen LogP contribution in [-0.2, 0) is 16.0 Å². The number of hydrogen-bond acceptors (Lipinski definition) is 4. The first-order valence-electron chi connectivity index (χ1n) is 8.22. The molecule has 3 rings (SSSR count). The molecule has 26 heavy (non-hydrogen) atoms. The highest BCUT2D eigenvalue weighted by atomic mass is 19.1. The van der Waals surface area contributed by atoms with Gasteiger partial charge in [0.05, 0.1) is 6.42 Å². The molecular weight excluding hydrogens is 339 g/mol. The van der Waals surface area contributed by atoms with Crippen LogP contribution in [0.4, 0.5) is 10.1 Å². The van der Waals surface area contributed by atoms with E-state index in [1.54, 1.807) is 36.4 Å². The summed E-state index contributed by atoms with van der Waals surface area (Å²) >= 11 is 0. The fourth-order valence-electron chi connectivity index (χ4n) is 2.71. The number of hydrogen-bond donors (Lipinski definition) is 1. The van der Waals surface area contributed by atoms with Crippen LogP contribution in [0, 0.1) is 5.82 Å². The first-order valence-corrected chi connectivity index (χ1v) is 8.22. The van der Waals surface area contributed by atoms with E-state index >= 15 is 0 Å². The summed E-state index contributed by atoms with van der Waals surface area (Å²) in [4.78, 5) is 25.5. The van der Waals surface area contributed by atoms with E-state index < -0.39 is 5.82 Å². The normalized spacial score (nSPS) is 11.9. The summed E-state index contributed by atoms with van der Waals surface area (Å²) in [7, 11) is 0. The highest BCUT2D eigenvalue weighted by Gasteiger charge is 2.18. The Bertz CT molecular complexity index is 825. The van der Waals surface area contributed by atoms with E-state index in [0.29, 0.717) is 22.7 Å².